The first-order chi connectivity index (χ1) is 14.2. The Kier molecular flexibility index (Phi) is 6.02. The van der Waals surface area contributed by atoms with E-state index in [9.17, 15) is 4.79 Å². The lowest BCUT2D eigenvalue weighted by Crippen LogP contribution is -2.42. The highest BCUT2D eigenvalue weighted by Crippen LogP contribution is 2.41. The van der Waals surface area contributed by atoms with Crippen LogP contribution in [-0.2, 0) is 9.53 Å². The average molecular weight is 387 g/mol. The summed E-state index contributed by atoms with van der Waals surface area (Å²) in [6, 6.07) is 14.9. The van der Waals surface area contributed by atoms with E-state index < -0.39 is 0 Å². The fraction of sp³-hybridized carbons (Fsp3) is 0.385. The molecule has 1 amide bonds. The van der Waals surface area contributed by atoms with E-state index in [1.54, 1.807) is 0 Å². The third-order valence-corrected chi connectivity index (χ3v) is 6.14. The molecule has 2 aromatic rings. The molecule has 2 aliphatic rings. The number of hydrogen-bond donors (Lipinski definition) is 0. The van der Waals surface area contributed by atoms with E-state index in [2.05, 4.69) is 49.2 Å². The maximum absolute atomic E-state index is 12.3. The van der Waals surface area contributed by atoms with Gasteiger partial charge in [-0.2, -0.15) is 0 Å². The first kappa shape index (κ1) is 19.7. The van der Waals surface area contributed by atoms with E-state index in [4.69, 9.17) is 11.2 Å². The van der Waals surface area contributed by atoms with Crippen LogP contribution in [-0.4, -0.2) is 25.7 Å². The maximum atomic E-state index is 12.3. The minimum Gasteiger partial charge on any atom is -0.370 e. The second-order valence-electron chi connectivity index (χ2n) is 8.07. The summed E-state index contributed by atoms with van der Waals surface area (Å²) in [6.45, 7) is 3.46. The second-order valence-corrected chi connectivity index (χ2v) is 8.07. The predicted octanol–water partition coefficient (Wildman–Crippen LogP) is 4.89. The topological polar surface area (TPSA) is 29.5 Å². The van der Waals surface area contributed by atoms with Gasteiger partial charge in [0.2, 0.25) is 0 Å². The number of amides is 1. The molecule has 0 bridgehead atoms. The fourth-order valence-corrected chi connectivity index (χ4v) is 4.70. The third kappa shape index (κ3) is 4.23. The van der Waals surface area contributed by atoms with Crippen molar-refractivity contribution >= 4 is 11.6 Å². The van der Waals surface area contributed by atoms with Crippen LogP contribution in [0.25, 0.3) is 0 Å². The van der Waals surface area contributed by atoms with Gasteiger partial charge >= 0.3 is 0 Å². The number of terminal acetylenes is 1. The van der Waals surface area contributed by atoms with Gasteiger partial charge in [-0.1, -0.05) is 49.4 Å². The van der Waals surface area contributed by atoms with Crippen molar-refractivity contribution < 1.29 is 9.53 Å². The summed E-state index contributed by atoms with van der Waals surface area (Å²) in [5, 5.41) is 0. The number of hydrogen-bond acceptors (Lipinski definition) is 2. The van der Waals surface area contributed by atoms with Crippen molar-refractivity contribution in [2.75, 3.05) is 24.7 Å². The van der Waals surface area contributed by atoms with E-state index in [1.165, 1.54) is 49.1 Å². The molecule has 3 heteroatoms. The van der Waals surface area contributed by atoms with Crippen molar-refractivity contribution in [3.05, 3.63) is 70.6 Å². The van der Waals surface area contributed by atoms with Crippen LogP contribution in [0, 0.1) is 31.1 Å². The Labute approximate surface area is 174 Å². The highest BCUT2D eigenvalue weighted by Gasteiger charge is 2.29. The van der Waals surface area contributed by atoms with Crippen LogP contribution in [0.15, 0.2) is 42.5 Å². The summed E-state index contributed by atoms with van der Waals surface area (Å²) in [7, 11) is 0. The summed E-state index contributed by atoms with van der Waals surface area (Å²) in [4.78, 5) is 14.1. The van der Waals surface area contributed by atoms with Gasteiger partial charge in [0.15, 0.2) is 0 Å². The van der Waals surface area contributed by atoms with Crippen molar-refractivity contribution in [1.82, 2.24) is 0 Å². The van der Waals surface area contributed by atoms with Crippen LogP contribution < -0.4 is 4.90 Å². The zero-order valence-electron chi connectivity index (χ0n) is 17.1. The number of carbonyl (C=O) groups excluding carboxylic acids is 1. The number of benzene rings is 2. The number of aryl methyl sites for hydroxylation is 1. The molecule has 1 radical (unpaired) electrons. The van der Waals surface area contributed by atoms with Gasteiger partial charge in [-0.3, -0.25) is 4.79 Å². The Balaban J connectivity index is 1.71. The highest BCUT2D eigenvalue weighted by atomic mass is 16.5. The molecule has 0 aromatic heterocycles. The number of anilines is 1. The zero-order valence-corrected chi connectivity index (χ0v) is 17.1. The van der Waals surface area contributed by atoms with Gasteiger partial charge < -0.3 is 9.64 Å². The van der Waals surface area contributed by atoms with E-state index in [-0.39, 0.29) is 12.5 Å². The summed E-state index contributed by atoms with van der Waals surface area (Å²) >= 11 is 0. The van der Waals surface area contributed by atoms with Crippen LogP contribution in [0.5, 0.6) is 0 Å². The molecule has 0 spiro atoms. The minimum atomic E-state index is 0.0327. The van der Waals surface area contributed by atoms with E-state index in [0.29, 0.717) is 19.1 Å². The van der Waals surface area contributed by atoms with Crippen molar-refractivity contribution in [2.24, 2.45) is 5.92 Å². The molecule has 149 valence electrons. The first-order valence-electron chi connectivity index (χ1n) is 10.6. The molecule has 0 atom stereocenters. The number of morpholine rings is 1. The summed E-state index contributed by atoms with van der Waals surface area (Å²) in [5.41, 5.74) is 5.50. The Bertz CT molecular complexity index is 921. The van der Waals surface area contributed by atoms with Gasteiger partial charge in [0.05, 0.1) is 6.61 Å². The van der Waals surface area contributed by atoms with Gasteiger partial charge in [-0.05, 0) is 60.6 Å². The van der Waals surface area contributed by atoms with Crippen LogP contribution >= 0.6 is 0 Å². The lowest BCUT2D eigenvalue weighted by molar-refractivity contribution is -0.125. The largest absolute Gasteiger partial charge is 0.370 e. The number of rotatable bonds is 4. The van der Waals surface area contributed by atoms with Crippen LogP contribution in [0.3, 0.4) is 0 Å². The molecule has 0 N–H and O–H groups in total. The molecule has 1 heterocycles. The molecule has 0 unspecified atom stereocenters. The van der Waals surface area contributed by atoms with Crippen LogP contribution in [0.4, 0.5) is 5.69 Å². The SMILES string of the molecule is C#Cc1cccc([C](c2ccc(N3CCOCC3=O)c(C)c2)C2CCCCC2)c1. The van der Waals surface area contributed by atoms with E-state index >= 15 is 0 Å². The first-order valence-corrected chi connectivity index (χ1v) is 10.6. The normalized spacial score (nSPS) is 18.1. The molecule has 4 rings (SSSR count). The van der Waals surface area contributed by atoms with Gasteiger partial charge in [0.25, 0.3) is 5.91 Å². The molecule has 1 saturated carbocycles. The maximum Gasteiger partial charge on any atom is 0.253 e. The average Bonchev–Trinajstić information content (AvgIpc) is 2.76. The van der Waals surface area contributed by atoms with E-state index in [0.717, 1.165) is 16.8 Å². The van der Waals surface area contributed by atoms with Gasteiger partial charge in [0, 0.05) is 23.7 Å². The third-order valence-electron chi connectivity index (χ3n) is 6.14. The number of ether oxygens (including phenoxy) is 1. The Morgan fingerprint density at radius 1 is 1.10 bits per heavy atom. The number of nitrogens with zero attached hydrogens (tertiary/aromatic N) is 1. The van der Waals surface area contributed by atoms with Crippen molar-refractivity contribution in [3.8, 4) is 12.3 Å². The van der Waals surface area contributed by atoms with Crippen LogP contribution in [0.1, 0.15) is 54.4 Å². The standard InChI is InChI=1S/C26H28NO2/c1-3-20-8-7-11-22(17-20)26(21-9-5-4-6-10-21)23-12-13-24(19(2)16-23)27-14-15-29-18-25(27)28/h1,7-8,11-13,16-17,21H,4-6,9-10,14-15,18H2,2H3. The molecule has 2 aromatic carbocycles. The van der Waals surface area contributed by atoms with Crippen molar-refractivity contribution in [2.45, 2.75) is 39.0 Å². The predicted molar refractivity (Wildman–Crippen MR) is 117 cm³/mol. The fourth-order valence-electron chi connectivity index (χ4n) is 4.70. The molecule has 1 aliphatic carbocycles. The molecular formula is C26H28NO2. The molecule has 3 nitrogen and oxygen atoms in total. The summed E-state index contributed by atoms with van der Waals surface area (Å²) in [6.07, 6.45) is 12.0. The van der Waals surface area contributed by atoms with Crippen molar-refractivity contribution in [1.29, 1.82) is 0 Å². The number of carbonyl (C=O) groups is 1. The highest BCUT2D eigenvalue weighted by molar-refractivity contribution is 5.95. The minimum absolute atomic E-state index is 0.0327. The quantitative estimate of drug-likeness (QED) is 0.700. The summed E-state index contributed by atoms with van der Waals surface area (Å²) in [5.74, 6) is 4.75. The lowest BCUT2D eigenvalue weighted by Gasteiger charge is -2.32. The van der Waals surface area contributed by atoms with E-state index in [1.807, 2.05) is 11.0 Å². The molecular weight excluding hydrogens is 358 g/mol. The van der Waals surface area contributed by atoms with Gasteiger partial charge in [-0.15, -0.1) is 6.42 Å². The second kappa shape index (κ2) is 8.84. The monoisotopic (exact) mass is 386 g/mol. The van der Waals surface area contributed by atoms with Gasteiger partial charge in [0.1, 0.15) is 6.61 Å². The summed E-state index contributed by atoms with van der Waals surface area (Å²) < 4.78 is 5.28. The Morgan fingerprint density at radius 3 is 2.62 bits per heavy atom. The van der Waals surface area contributed by atoms with Crippen LogP contribution in [0.2, 0.25) is 0 Å². The Hall–Kier alpha value is -2.57. The molecule has 1 saturated heterocycles. The Morgan fingerprint density at radius 2 is 1.90 bits per heavy atom. The zero-order chi connectivity index (χ0) is 20.2. The van der Waals surface area contributed by atoms with Gasteiger partial charge in [-0.25, -0.2) is 0 Å². The lowest BCUT2D eigenvalue weighted by atomic mass is 9.73. The molecule has 2 fully saturated rings. The van der Waals surface area contributed by atoms with Crippen molar-refractivity contribution in [3.63, 3.8) is 0 Å². The molecule has 1 aliphatic heterocycles. The smallest absolute Gasteiger partial charge is 0.253 e. The molecule has 29 heavy (non-hydrogen) atoms.